The van der Waals surface area contributed by atoms with Crippen LogP contribution in [0.5, 0.6) is 0 Å². The smallest absolute Gasteiger partial charge is 0.338 e. The molecular formula is C24H20N4O6S. The van der Waals surface area contributed by atoms with Crippen molar-refractivity contribution in [1.82, 2.24) is 9.55 Å². The molecule has 2 aromatic heterocycles. The Kier molecular flexibility index (Phi) is 6.69. The number of esters is 1. The summed E-state index contributed by atoms with van der Waals surface area (Å²) in [6.45, 7) is 3.19. The van der Waals surface area contributed by atoms with E-state index in [9.17, 15) is 24.5 Å². The molecule has 0 spiro atoms. The minimum atomic E-state index is -0.502. The Bertz CT molecular complexity index is 1490. The lowest BCUT2D eigenvalue weighted by Gasteiger charge is -2.10. The molecule has 1 N–H and O–H groups in total. The Balaban J connectivity index is 1.56. The van der Waals surface area contributed by atoms with Gasteiger partial charge in [0.2, 0.25) is 5.91 Å². The van der Waals surface area contributed by atoms with E-state index in [-0.39, 0.29) is 18.3 Å². The zero-order chi connectivity index (χ0) is 25.1. The molecule has 1 amide bonds. The highest BCUT2D eigenvalue weighted by atomic mass is 32.1. The van der Waals surface area contributed by atoms with Gasteiger partial charge in [0.25, 0.3) is 11.2 Å². The van der Waals surface area contributed by atoms with Gasteiger partial charge in [-0.2, -0.15) is 0 Å². The molecule has 10 nitrogen and oxygen atoms in total. The molecule has 0 aliphatic rings. The lowest BCUT2D eigenvalue weighted by molar-refractivity contribution is -0.384. The third-order valence-corrected chi connectivity index (χ3v) is 5.87. The number of anilines is 1. The van der Waals surface area contributed by atoms with Gasteiger partial charge in [-0.05, 0) is 49.7 Å². The molecule has 0 fully saturated rings. The van der Waals surface area contributed by atoms with Crippen LogP contribution >= 0.6 is 11.3 Å². The van der Waals surface area contributed by atoms with Gasteiger partial charge in [-0.3, -0.25) is 24.3 Å². The summed E-state index contributed by atoms with van der Waals surface area (Å²) in [5.41, 5.74) is 1.44. The Morgan fingerprint density at radius 3 is 2.63 bits per heavy atom. The molecule has 0 bridgehead atoms. The number of hydrogen-bond donors (Lipinski definition) is 1. The quantitative estimate of drug-likeness (QED) is 0.232. The van der Waals surface area contributed by atoms with E-state index in [2.05, 4.69) is 10.3 Å². The molecule has 178 valence electrons. The van der Waals surface area contributed by atoms with E-state index in [1.54, 1.807) is 49.6 Å². The minimum Gasteiger partial charge on any atom is -0.459 e. The SMILES string of the molecule is CC(C)OC(=O)c1cccc(NC(=O)Cn2cnc3scc(-c4ccc([N+](=O)[O-])cc4)c3c2=O)c1. The van der Waals surface area contributed by atoms with Crippen molar-refractivity contribution < 1.29 is 19.2 Å². The molecule has 4 aromatic rings. The average molecular weight is 493 g/mol. The van der Waals surface area contributed by atoms with Gasteiger partial charge in [0.05, 0.1) is 28.3 Å². The van der Waals surface area contributed by atoms with Gasteiger partial charge in [-0.1, -0.05) is 6.07 Å². The molecule has 0 aliphatic carbocycles. The normalized spacial score (nSPS) is 10.9. The molecule has 0 saturated carbocycles. The van der Waals surface area contributed by atoms with Gasteiger partial charge in [0.15, 0.2) is 0 Å². The first-order chi connectivity index (χ1) is 16.7. The molecule has 2 aromatic carbocycles. The standard InChI is InChI=1S/C24H20N4O6S/c1-14(2)34-24(31)16-4-3-5-17(10-16)26-20(29)11-27-13-25-22-21(23(27)30)19(12-35-22)15-6-8-18(9-7-15)28(32)33/h3-10,12-14H,11H2,1-2H3,(H,26,29). The molecule has 0 atom stereocenters. The number of thiophene rings is 1. The molecule has 0 saturated heterocycles. The van der Waals surface area contributed by atoms with Gasteiger partial charge in [-0.15, -0.1) is 11.3 Å². The molecule has 0 radical (unpaired) electrons. The predicted octanol–water partition coefficient (Wildman–Crippen LogP) is 4.24. The van der Waals surface area contributed by atoms with E-state index >= 15 is 0 Å². The van der Waals surface area contributed by atoms with E-state index in [0.717, 1.165) is 0 Å². The van der Waals surface area contributed by atoms with Crippen LogP contribution in [0.3, 0.4) is 0 Å². The van der Waals surface area contributed by atoms with Crippen LogP contribution in [0.15, 0.2) is 65.0 Å². The first kappa shape index (κ1) is 23.8. The number of nitrogens with one attached hydrogen (secondary N) is 1. The predicted molar refractivity (Wildman–Crippen MR) is 132 cm³/mol. The van der Waals surface area contributed by atoms with Crippen LogP contribution in [0.25, 0.3) is 21.3 Å². The number of nitrogens with zero attached hydrogens (tertiary/aromatic N) is 3. The number of ether oxygens (including phenoxy) is 1. The average Bonchev–Trinajstić information content (AvgIpc) is 3.25. The first-order valence-corrected chi connectivity index (χ1v) is 11.4. The van der Waals surface area contributed by atoms with Crippen molar-refractivity contribution in [2.24, 2.45) is 0 Å². The van der Waals surface area contributed by atoms with Crippen LogP contribution in [0.2, 0.25) is 0 Å². The fourth-order valence-corrected chi connectivity index (χ4v) is 4.32. The zero-order valence-corrected chi connectivity index (χ0v) is 19.6. The fraction of sp³-hybridized carbons (Fsp3) is 0.167. The number of fused-ring (bicyclic) bond motifs is 1. The Morgan fingerprint density at radius 1 is 1.20 bits per heavy atom. The largest absolute Gasteiger partial charge is 0.459 e. The number of nitro groups is 1. The number of rotatable bonds is 7. The van der Waals surface area contributed by atoms with Crippen molar-refractivity contribution in [2.45, 2.75) is 26.5 Å². The number of carbonyl (C=O) groups excluding carboxylic acids is 2. The zero-order valence-electron chi connectivity index (χ0n) is 18.8. The molecular weight excluding hydrogens is 472 g/mol. The van der Waals surface area contributed by atoms with E-state index in [0.29, 0.717) is 32.6 Å². The second kappa shape index (κ2) is 9.85. The highest BCUT2D eigenvalue weighted by Crippen LogP contribution is 2.31. The highest BCUT2D eigenvalue weighted by molar-refractivity contribution is 7.17. The first-order valence-electron chi connectivity index (χ1n) is 10.6. The van der Waals surface area contributed by atoms with Crippen molar-refractivity contribution in [3.8, 4) is 11.1 Å². The molecule has 11 heteroatoms. The molecule has 0 unspecified atom stereocenters. The van der Waals surface area contributed by atoms with Crippen molar-refractivity contribution in [3.63, 3.8) is 0 Å². The van der Waals surface area contributed by atoms with E-state index in [1.165, 1.54) is 40.4 Å². The Labute approximate surface area is 203 Å². The molecule has 4 rings (SSSR count). The number of aromatic nitrogens is 2. The van der Waals surface area contributed by atoms with Crippen LogP contribution in [-0.2, 0) is 16.1 Å². The maximum absolute atomic E-state index is 13.2. The fourth-order valence-electron chi connectivity index (χ4n) is 3.42. The van der Waals surface area contributed by atoms with E-state index in [1.807, 2.05) is 0 Å². The maximum Gasteiger partial charge on any atom is 0.338 e. The van der Waals surface area contributed by atoms with Gasteiger partial charge >= 0.3 is 5.97 Å². The highest BCUT2D eigenvalue weighted by Gasteiger charge is 2.16. The molecule has 35 heavy (non-hydrogen) atoms. The Hall–Kier alpha value is -4.38. The van der Waals surface area contributed by atoms with Crippen molar-refractivity contribution >= 4 is 44.8 Å². The third kappa shape index (κ3) is 5.25. The number of benzene rings is 2. The number of hydrogen-bond acceptors (Lipinski definition) is 8. The Morgan fingerprint density at radius 2 is 1.94 bits per heavy atom. The van der Waals surface area contributed by atoms with Gasteiger partial charge in [-0.25, -0.2) is 9.78 Å². The van der Waals surface area contributed by atoms with Gasteiger partial charge in [0.1, 0.15) is 11.4 Å². The van der Waals surface area contributed by atoms with Crippen LogP contribution in [0.1, 0.15) is 24.2 Å². The van der Waals surface area contributed by atoms with Crippen molar-refractivity contribution in [2.75, 3.05) is 5.32 Å². The minimum absolute atomic E-state index is 0.0537. The topological polar surface area (TPSA) is 133 Å². The molecule has 2 heterocycles. The van der Waals surface area contributed by atoms with Gasteiger partial charge in [0, 0.05) is 28.8 Å². The summed E-state index contributed by atoms with van der Waals surface area (Å²) in [7, 11) is 0. The van der Waals surface area contributed by atoms with Crippen LogP contribution in [0.4, 0.5) is 11.4 Å². The van der Waals surface area contributed by atoms with Crippen molar-refractivity contribution in [1.29, 1.82) is 0 Å². The van der Waals surface area contributed by atoms with E-state index in [4.69, 9.17) is 4.74 Å². The summed E-state index contributed by atoms with van der Waals surface area (Å²) >= 11 is 1.27. The maximum atomic E-state index is 13.2. The summed E-state index contributed by atoms with van der Waals surface area (Å²) < 4.78 is 6.36. The summed E-state index contributed by atoms with van der Waals surface area (Å²) in [5, 5.41) is 15.7. The lowest BCUT2D eigenvalue weighted by Crippen LogP contribution is -2.27. The van der Waals surface area contributed by atoms with Crippen LogP contribution in [-0.4, -0.2) is 32.5 Å². The summed E-state index contributed by atoms with van der Waals surface area (Å²) in [6, 6.07) is 12.2. The number of carbonyl (C=O) groups is 2. The lowest BCUT2D eigenvalue weighted by atomic mass is 10.1. The number of nitro benzene ring substituents is 1. The third-order valence-electron chi connectivity index (χ3n) is 4.99. The number of amides is 1. The van der Waals surface area contributed by atoms with Crippen molar-refractivity contribution in [3.05, 3.63) is 86.3 Å². The second-order valence-corrected chi connectivity index (χ2v) is 8.75. The summed E-state index contributed by atoms with van der Waals surface area (Å²) in [5.74, 6) is -0.979. The summed E-state index contributed by atoms with van der Waals surface area (Å²) in [4.78, 5) is 53.1. The monoisotopic (exact) mass is 492 g/mol. The number of non-ortho nitro benzene ring substituents is 1. The van der Waals surface area contributed by atoms with Crippen LogP contribution in [0, 0.1) is 10.1 Å². The van der Waals surface area contributed by atoms with Gasteiger partial charge < -0.3 is 10.1 Å². The molecule has 0 aliphatic heterocycles. The van der Waals surface area contributed by atoms with Crippen LogP contribution < -0.4 is 10.9 Å². The van der Waals surface area contributed by atoms with E-state index < -0.39 is 22.4 Å². The summed E-state index contributed by atoms with van der Waals surface area (Å²) in [6.07, 6.45) is 1.03. The second-order valence-electron chi connectivity index (χ2n) is 7.89.